The van der Waals surface area contributed by atoms with Gasteiger partial charge < -0.3 is 37.5 Å². The molecule has 0 spiro atoms. The molecule has 1 fully saturated rings. The number of nitrogen functional groups attached to an aromatic ring is 1. The van der Waals surface area contributed by atoms with Crippen molar-refractivity contribution in [3.05, 3.63) is 12.7 Å². The molecule has 1 saturated heterocycles. The number of carbonyl (C=O) groups is 2. The fourth-order valence-electron chi connectivity index (χ4n) is 2.97. The lowest BCUT2D eigenvalue weighted by molar-refractivity contribution is -0.152. The molecule has 0 bridgehead atoms. The van der Waals surface area contributed by atoms with Crippen molar-refractivity contribution < 1.29 is 24.5 Å². The third-order valence-electron chi connectivity index (χ3n) is 4.38. The number of nitrogens with zero attached hydrogens (tertiary/aromatic N) is 4. The number of thioether (sulfide) groups is 1. The van der Waals surface area contributed by atoms with Crippen LogP contribution in [0.2, 0.25) is 0 Å². The molecule has 9 N–H and O–H groups in total. The average molecular weight is 426 g/mol. The van der Waals surface area contributed by atoms with Crippen molar-refractivity contribution in [2.75, 3.05) is 23.8 Å². The van der Waals surface area contributed by atoms with E-state index in [2.05, 4.69) is 20.3 Å². The van der Waals surface area contributed by atoms with Crippen LogP contribution < -0.4 is 22.5 Å². The maximum Gasteiger partial charge on any atom is 0.335 e. The number of carbonyl (C=O) groups excluding carboxylic acids is 1. The molecule has 29 heavy (non-hydrogen) atoms. The molecule has 1 aliphatic rings. The highest BCUT2D eigenvalue weighted by Crippen LogP contribution is 2.32. The zero-order valence-corrected chi connectivity index (χ0v) is 16.0. The third-order valence-corrected chi connectivity index (χ3v) is 5.50. The number of nitrogens with two attached hydrogens (primary N) is 3. The lowest BCUT2D eigenvalue weighted by Crippen LogP contribution is -2.54. The number of anilines is 1. The van der Waals surface area contributed by atoms with E-state index in [0.717, 1.165) is 0 Å². The number of hydrogen-bond donors (Lipinski definition) is 6. The minimum Gasteiger partial charge on any atom is -0.479 e. The van der Waals surface area contributed by atoms with Crippen molar-refractivity contribution in [1.29, 1.82) is 0 Å². The number of carboxylic acids is 1. The summed E-state index contributed by atoms with van der Waals surface area (Å²) >= 11 is 1.40. The minimum atomic E-state index is -1.50. The Morgan fingerprint density at radius 1 is 1.38 bits per heavy atom. The predicted molar refractivity (Wildman–Crippen MR) is 104 cm³/mol. The number of hydrogen-bond acceptors (Lipinski definition) is 11. The summed E-state index contributed by atoms with van der Waals surface area (Å²) in [6.07, 6.45) is -1.55. The average Bonchev–Trinajstić information content (AvgIpc) is 3.24. The van der Waals surface area contributed by atoms with Crippen molar-refractivity contribution in [2.45, 2.75) is 30.5 Å². The number of aliphatic carboxylic acids is 1. The molecule has 158 valence electrons. The van der Waals surface area contributed by atoms with Gasteiger partial charge in [-0.1, -0.05) is 0 Å². The molecule has 14 heteroatoms. The van der Waals surface area contributed by atoms with Gasteiger partial charge in [-0.3, -0.25) is 9.36 Å². The summed E-state index contributed by atoms with van der Waals surface area (Å²) in [6, 6.07) is -2.12. The van der Waals surface area contributed by atoms with Crippen molar-refractivity contribution >= 4 is 40.6 Å². The summed E-state index contributed by atoms with van der Waals surface area (Å²) < 4.78 is 6.86. The second-order valence-electron chi connectivity index (χ2n) is 6.36. The van der Waals surface area contributed by atoms with E-state index in [4.69, 9.17) is 21.9 Å². The minimum absolute atomic E-state index is 0.127. The Morgan fingerprint density at radius 2 is 2.14 bits per heavy atom. The first-order valence-electron chi connectivity index (χ1n) is 8.68. The van der Waals surface area contributed by atoms with Gasteiger partial charge in [0.15, 0.2) is 23.8 Å². The molecule has 5 atom stereocenters. The number of aliphatic hydroxyl groups excluding tert-OH is 1. The van der Waals surface area contributed by atoms with Crippen LogP contribution in [0.25, 0.3) is 11.2 Å². The van der Waals surface area contributed by atoms with Crippen LogP contribution in [0.3, 0.4) is 0 Å². The van der Waals surface area contributed by atoms with Crippen LogP contribution in [0.5, 0.6) is 0 Å². The lowest BCUT2D eigenvalue weighted by atomic mass is 10.1. The lowest BCUT2D eigenvalue weighted by Gasteiger charge is -2.22. The number of aromatic nitrogens is 4. The molecule has 0 aliphatic carbocycles. The van der Waals surface area contributed by atoms with E-state index in [9.17, 15) is 19.8 Å². The van der Waals surface area contributed by atoms with Crippen molar-refractivity contribution in [1.82, 2.24) is 24.8 Å². The highest BCUT2D eigenvalue weighted by molar-refractivity contribution is 7.99. The maximum atomic E-state index is 12.4. The number of imidazole rings is 1. The van der Waals surface area contributed by atoms with Gasteiger partial charge in [0.25, 0.3) is 0 Å². The smallest absolute Gasteiger partial charge is 0.335 e. The van der Waals surface area contributed by atoms with Gasteiger partial charge in [0.2, 0.25) is 5.91 Å². The number of ether oxygens (including phenoxy) is 1. The molecule has 1 aliphatic heterocycles. The third kappa shape index (κ3) is 4.25. The van der Waals surface area contributed by atoms with Crippen molar-refractivity contribution in [2.24, 2.45) is 11.5 Å². The van der Waals surface area contributed by atoms with Crippen LogP contribution in [0.4, 0.5) is 5.82 Å². The van der Waals surface area contributed by atoms with E-state index in [0.29, 0.717) is 18.1 Å². The van der Waals surface area contributed by atoms with Gasteiger partial charge in [0.05, 0.1) is 18.4 Å². The summed E-state index contributed by atoms with van der Waals surface area (Å²) in [4.78, 5) is 36.0. The first kappa shape index (κ1) is 21.2. The van der Waals surface area contributed by atoms with Gasteiger partial charge in [0.1, 0.15) is 17.9 Å². The second kappa shape index (κ2) is 8.87. The molecule has 2 aromatic rings. The van der Waals surface area contributed by atoms with E-state index >= 15 is 0 Å². The SMILES string of the molecule is NCCSCC(N)C(=O)NC1C(C(=O)O)OC(n2cnc3c(N)ncnc32)C1O. The summed E-state index contributed by atoms with van der Waals surface area (Å²) in [5.41, 5.74) is 17.5. The fourth-order valence-corrected chi connectivity index (χ4v) is 3.71. The molecule has 5 unspecified atom stereocenters. The van der Waals surface area contributed by atoms with Crippen LogP contribution in [-0.2, 0) is 14.3 Å². The molecule has 0 aromatic carbocycles. The summed E-state index contributed by atoms with van der Waals surface area (Å²) in [7, 11) is 0. The largest absolute Gasteiger partial charge is 0.479 e. The van der Waals surface area contributed by atoms with E-state index in [1.54, 1.807) is 0 Å². The standard InChI is InChI=1S/C15H22N8O5S/c16-1-2-29-3-6(17)13(25)22-7-9(24)14(28-10(7)15(26)27)23-5-21-8-11(18)19-4-20-12(8)23/h4-7,9-10,14,24H,1-3,16-17H2,(H,22,25)(H,26,27)(H2,18,19,20). The van der Waals surface area contributed by atoms with Crippen molar-refractivity contribution in [3.63, 3.8) is 0 Å². The topological polar surface area (TPSA) is 218 Å². The van der Waals surface area contributed by atoms with Gasteiger partial charge in [-0.25, -0.2) is 19.7 Å². The molecule has 1 amide bonds. The van der Waals surface area contributed by atoms with Crippen LogP contribution in [0.15, 0.2) is 12.7 Å². The Bertz CT molecular complexity index is 895. The number of rotatable bonds is 8. The molecular formula is C15H22N8O5S. The highest BCUT2D eigenvalue weighted by Gasteiger charge is 2.49. The molecule has 0 saturated carbocycles. The van der Waals surface area contributed by atoms with E-state index in [1.165, 1.54) is 29.0 Å². The first-order valence-corrected chi connectivity index (χ1v) is 9.83. The van der Waals surface area contributed by atoms with Gasteiger partial charge in [0, 0.05) is 18.1 Å². The monoisotopic (exact) mass is 426 g/mol. The zero-order chi connectivity index (χ0) is 21.1. The Hall–Kier alpha value is -2.52. The van der Waals surface area contributed by atoms with Crippen molar-refractivity contribution in [3.8, 4) is 0 Å². The first-order chi connectivity index (χ1) is 13.8. The molecule has 0 radical (unpaired) electrons. The van der Waals surface area contributed by atoms with Gasteiger partial charge >= 0.3 is 5.97 Å². The van der Waals surface area contributed by atoms with Crippen LogP contribution in [-0.4, -0.2) is 84.0 Å². The Labute approximate surface area is 169 Å². The van der Waals surface area contributed by atoms with E-state index in [1.807, 2.05) is 0 Å². The van der Waals surface area contributed by atoms with Crippen LogP contribution in [0, 0.1) is 0 Å². The predicted octanol–water partition coefficient (Wildman–Crippen LogP) is -2.74. The van der Waals surface area contributed by atoms with Gasteiger partial charge in [-0.2, -0.15) is 11.8 Å². The molecule has 3 heterocycles. The van der Waals surface area contributed by atoms with Gasteiger partial charge in [-0.15, -0.1) is 0 Å². The van der Waals surface area contributed by atoms with Crippen LogP contribution in [0.1, 0.15) is 6.23 Å². The van der Waals surface area contributed by atoms with Crippen LogP contribution >= 0.6 is 11.8 Å². The fraction of sp³-hybridized carbons (Fsp3) is 0.533. The molecule has 2 aromatic heterocycles. The summed E-state index contributed by atoms with van der Waals surface area (Å²) in [6.45, 7) is 0.448. The number of fused-ring (bicyclic) bond motifs is 1. The normalized spacial score (nSPS) is 25.2. The number of carboxylic acid groups (broad SMARTS) is 1. The number of aliphatic hydroxyl groups is 1. The Kier molecular flexibility index (Phi) is 6.49. The summed E-state index contributed by atoms with van der Waals surface area (Å²) in [5, 5.41) is 22.7. The summed E-state index contributed by atoms with van der Waals surface area (Å²) in [5.74, 6) is -0.885. The maximum absolute atomic E-state index is 12.4. The van der Waals surface area contributed by atoms with E-state index in [-0.39, 0.29) is 17.0 Å². The van der Waals surface area contributed by atoms with E-state index < -0.39 is 42.4 Å². The Balaban J connectivity index is 1.80. The molecular weight excluding hydrogens is 404 g/mol. The zero-order valence-electron chi connectivity index (χ0n) is 15.2. The quantitative estimate of drug-likeness (QED) is 0.237. The molecule has 3 rings (SSSR count). The van der Waals surface area contributed by atoms with Gasteiger partial charge in [-0.05, 0) is 0 Å². The highest BCUT2D eigenvalue weighted by atomic mass is 32.2. The second-order valence-corrected chi connectivity index (χ2v) is 7.51. The number of nitrogens with one attached hydrogen (secondary N) is 1. The molecule has 13 nitrogen and oxygen atoms in total. The number of amides is 1. The Morgan fingerprint density at radius 3 is 2.83 bits per heavy atom.